The molecule has 290 valence electrons. The summed E-state index contributed by atoms with van der Waals surface area (Å²) in [7, 11) is -4.37. The Labute approximate surface area is 300 Å². The molecule has 0 aliphatic rings. The summed E-state index contributed by atoms with van der Waals surface area (Å²) >= 11 is 0. The van der Waals surface area contributed by atoms with Crippen LogP contribution in [0.2, 0.25) is 0 Å². The molecule has 0 rings (SSSR count). The minimum Gasteiger partial charge on any atom is -0.393 e. The van der Waals surface area contributed by atoms with Gasteiger partial charge in [-0.05, 0) is 38.5 Å². The maximum absolute atomic E-state index is 12.8. The van der Waals surface area contributed by atoms with Crippen LogP contribution in [0.5, 0.6) is 0 Å². The molecule has 0 fully saturated rings. The summed E-state index contributed by atoms with van der Waals surface area (Å²) in [6.07, 6.45) is 35.0. The van der Waals surface area contributed by atoms with Crippen molar-refractivity contribution in [2.45, 2.75) is 199 Å². The number of carbonyl (C=O) groups excluding carboxylic acids is 1. The Morgan fingerprint density at radius 3 is 1.67 bits per heavy atom. The molecular weight excluding hydrogens is 639 g/mol. The molecule has 0 aliphatic carbocycles. The van der Waals surface area contributed by atoms with E-state index in [1.165, 1.54) is 89.9 Å². The quantitative estimate of drug-likeness (QED) is 0.0242. The molecule has 0 bridgehead atoms. The number of phosphoric acid groups is 1. The number of allylic oxidation sites excluding steroid dienone is 4. The number of carbonyl (C=O) groups is 1. The monoisotopic (exact) mass is 717 g/mol. The average Bonchev–Trinajstić information content (AvgIpc) is 3.07. The molecule has 0 saturated carbocycles. The first-order chi connectivity index (χ1) is 23.8. The van der Waals surface area contributed by atoms with Gasteiger partial charge in [0.05, 0.1) is 37.9 Å². The molecule has 0 radical (unpaired) electrons. The molecule has 10 heteroatoms. The lowest BCUT2D eigenvalue weighted by molar-refractivity contribution is -0.125. The zero-order valence-corrected chi connectivity index (χ0v) is 32.4. The van der Waals surface area contributed by atoms with E-state index in [1.807, 2.05) is 0 Å². The van der Waals surface area contributed by atoms with Crippen molar-refractivity contribution in [3.63, 3.8) is 0 Å². The Morgan fingerprint density at radius 2 is 1.14 bits per heavy atom. The third-order valence-corrected chi connectivity index (χ3v) is 9.87. The lowest BCUT2D eigenvalue weighted by Gasteiger charge is -2.25. The minimum absolute atomic E-state index is 0.0572. The van der Waals surface area contributed by atoms with E-state index in [-0.39, 0.29) is 26.2 Å². The van der Waals surface area contributed by atoms with E-state index < -0.39 is 32.0 Å². The van der Waals surface area contributed by atoms with E-state index in [0.29, 0.717) is 12.8 Å². The molecule has 0 saturated heterocycles. The number of aliphatic hydroxyl groups is 2. The Balaban J connectivity index is 4.37. The van der Waals surface area contributed by atoms with Crippen LogP contribution in [0.15, 0.2) is 24.3 Å². The molecule has 0 spiro atoms. The largest absolute Gasteiger partial charge is 0.472 e. The van der Waals surface area contributed by atoms with Crippen molar-refractivity contribution in [2.75, 3.05) is 19.8 Å². The SMILES string of the molecule is CCCCC/C=C\C=C/CCCCCCC(O)CC(=O)NC(COP(=O)(O)OCCN)C(O)CCCCCCCCCCCCCCCC. The van der Waals surface area contributed by atoms with Crippen LogP contribution in [0.1, 0.15) is 181 Å². The number of hydrogen-bond donors (Lipinski definition) is 5. The number of amides is 1. The highest BCUT2D eigenvalue weighted by molar-refractivity contribution is 7.47. The van der Waals surface area contributed by atoms with Crippen LogP contribution >= 0.6 is 7.82 Å². The number of unbranched alkanes of at least 4 members (excludes halogenated alkanes) is 20. The first kappa shape index (κ1) is 47.9. The third-order valence-electron chi connectivity index (χ3n) is 8.89. The van der Waals surface area contributed by atoms with Gasteiger partial charge in [-0.15, -0.1) is 0 Å². The van der Waals surface area contributed by atoms with Crippen LogP contribution < -0.4 is 11.1 Å². The molecular formula is C39H77N2O7P. The van der Waals surface area contributed by atoms with Gasteiger partial charge in [-0.3, -0.25) is 13.8 Å². The van der Waals surface area contributed by atoms with Crippen LogP contribution in [0.25, 0.3) is 0 Å². The zero-order chi connectivity index (χ0) is 36.3. The predicted octanol–water partition coefficient (Wildman–Crippen LogP) is 9.58. The van der Waals surface area contributed by atoms with Gasteiger partial charge < -0.3 is 26.2 Å². The topological polar surface area (TPSA) is 151 Å². The Bertz CT molecular complexity index is 842. The maximum Gasteiger partial charge on any atom is 0.472 e. The molecule has 0 aliphatic heterocycles. The fourth-order valence-corrected chi connectivity index (χ4v) is 6.58. The van der Waals surface area contributed by atoms with E-state index >= 15 is 0 Å². The van der Waals surface area contributed by atoms with E-state index in [0.717, 1.165) is 57.8 Å². The standard InChI is InChI=1S/C39H77N2O7P/c1-3-5-7-9-11-13-15-17-19-21-23-25-27-29-31-38(43)37(35-48-49(45,46)47-33-32-40)41-39(44)34-36(42)30-28-26-24-22-20-18-16-14-12-10-8-6-4-2/h12,14,16,18,36-38,42-43H,3-11,13,15,17,19-35,40H2,1-2H3,(H,41,44)(H,45,46)/b14-12-,18-16-. The van der Waals surface area contributed by atoms with Crippen molar-refractivity contribution in [3.05, 3.63) is 24.3 Å². The van der Waals surface area contributed by atoms with Crippen molar-refractivity contribution < 1.29 is 33.5 Å². The normalized spacial score (nSPS) is 15.1. The lowest BCUT2D eigenvalue weighted by Crippen LogP contribution is -2.47. The number of phosphoric ester groups is 1. The molecule has 0 aromatic heterocycles. The van der Waals surface area contributed by atoms with E-state index in [2.05, 4.69) is 43.5 Å². The number of aliphatic hydroxyl groups excluding tert-OH is 2. The number of hydrogen-bond acceptors (Lipinski definition) is 7. The van der Waals surface area contributed by atoms with Crippen LogP contribution in [0, 0.1) is 0 Å². The molecule has 1 amide bonds. The summed E-state index contributed by atoms with van der Waals surface area (Å²) in [6, 6.07) is -0.900. The van der Waals surface area contributed by atoms with Crippen molar-refractivity contribution in [1.82, 2.24) is 5.32 Å². The fourth-order valence-electron chi connectivity index (χ4n) is 5.82. The predicted molar refractivity (Wildman–Crippen MR) is 204 cm³/mol. The summed E-state index contributed by atoms with van der Waals surface area (Å²) < 4.78 is 22.1. The van der Waals surface area contributed by atoms with Gasteiger partial charge in [-0.2, -0.15) is 0 Å². The van der Waals surface area contributed by atoms with Gasteiger partial charge >= 0.3 is 7.82 Å². The van der Waals surface area contributed by atoms with Gasteiger partial charge in [0.15, 0.2) is 0 Å². The van der Waals surface area contributed by atoms with Gasteiger partial charge in [0.2, 0.25) is 5.91 Å². The first-order valence-electron chi connectivity index (χ1n) is 20.0. The Morgan fingerprint density at radius 1 is 0.694 bits per heavy atom. The highest BCUT2D eigenvalue weighted by Gasteiger charge is 2.28. The Hall–Kier alpha value is -1.06. The molecule has 6 N–H and O–H groups in total. The zero-order valence-electron chi connectivity index (χ0n) is 31.5. The second-order valence-electron chi connectivity index (χ2n) is 13.7. The third kappa shape index (κ3) is 33.8. The van der Waals surface area contributed by atoms with Crippen molar-refractivity contribution in [3.8, 4) is 0 Å². The van der Waals surface area contributed by atoms with Gasteiger partial charge in [-0.1, -0.05) is 160 Å². The second kappa shape index (κ2) is 35.3. The highest BCUT2D eigenvalue weighted by atomic mass is 31.2. The summed E-state index contributed by atoms with van der Waals surface area (Å²) in [5, 5.41) is 24.1. The smallest absolute Gasteiger partial charge is 0.393 e. The molecule has 4 unspecified atom stereocenters. The number of nitrogens with one attached hydrogen (secondary N) is 1. The summed E-state index contributed by atoms with van der Waals surface area (Å²) in [5.41, 5.74) is 5.35. The van der Waals surface area contributed by atoms with Gasteiger partial charge in [0, 0.05) is 6.54 Å². The molecule has 4 atom stereocenters. The van der Waals surface area contributed by atoms with Crippen molar-refractivity contribution >= 4 is 13.7 Å². The van der Waals surface area contributed by atoms with Crippen LogP contribution in [-0.4, -0.2) is 59.0 Å². The van der Waals surface area contributed by atoms with Crippen molar-refractivity contribution in [2.24, 2.45) is 5.73 Å². The maximum atomic E-state index is 12.8. The van der Waals surface area contributed by atoms with Gasteiger partial charge in [0.1, 0.15) is 0 Å². The molecule has 49 heavy (non-hydrogen) atoms. The van der Waals surface area contributed by atoms with Crippen LogP contribution in [-0.2, 0) is 18.4 Å². The fraction of sp³-hybridized carbons (Fsp3) is 0.872. The molecule has 0 heterocycles. The summed E-state index contributed by atoms with van der Waals surface area (Å²) in [5.74, 6) is -0.426. The van der Waals surface area contributed by atoms with Crippen molar-refractivity contribution in [1.29, 1.82) is 0 Å². The molecule has 9 nitrogen and oxygen atoms in total. The first-order valence-corrected chi connectivity index (χ1v) is 21.5. The summed E-state index contributed by atoms with van der Waals surface area (Å²) in [6.45, 7) is 3.99. The second-order valence-corrected chi connectivity index (χ2v) is 15.2. The van der Waals surface area contributed by atoms with Gasteiger partial charge in [0.25, 0.3) is 0 Å². The molecule has 0 aromatic carbocycles. The van der Waals surface area contributed by atoms with E-state index in [4.69, 9.17) is 14.8 Å². The Kier molecular flexibility index (Phi) is 34.6. The van der Waals surface area contributed by atoms with E-state index in [9.17, 15) is 24.5 Å². The number of nitrogens with two attached hydrogens (primary N) is 1. The molecule has 0 aromatic rings. The minimum atomic E-state index is -4.37. The van der Waals surface area contributed by atoms with Gasteiger partial charge in [-0.25, -0.2) is 4.57 Å². The van der Waals surface area contributed by atoms with Crippen LogP contribution in [0.3, 0.4) is 0 Å². The van der Waals surface area contributed by atoms with Crippen LogP contribution in [0.4, 0.5) is 0 Å². The number of rotatable bonds is 37. The summed E-state index contributed by atoms with van der Waals surface area (Å²) in [4.78, 5) is 22.7. The average molecular weight is 717 g/mol. The highest BCUT2D eigenvalue weighted by Crippen LogP contribution is 2.43. The lowest BCUT2D eigenvalue weighted by atomic mass is 10.0. The van der Waals surface area contributed by atoms with E-state index in [1.54, 1.807) is 0 Å².